The normalized spacial score (nSPS) is 18.0. The van der Waals surface area contributed by atoms with E-state index in [-0.39, 0.29) is 11.8 Å². The maximum absolute atomic E-state index is 12.1. The molecule has 1 N–H and O–H groups in total. The van der Waals surface area contributed by atoms with Gasteiger partial charge in [-0.3, -0.25) is 14.8 Å². The zero-order valence-electron chi connectivity index (χ0n) is 10.8. The molecule has 0 aliphatic carbocycles. The van der Waals surface area contributed by atoms with E-state index in [0.29, 0.717) is 31.9 Å². The van der Waals surface area contributed by atoms with E-state index in [1.807, 2.05) is 6.07 Å². The monoisotopic (exact) mass is 274 g/mol. The molecule has 6 nitrogen and oxygen atoms in total. The quantitative estimate of drug-likeness (QED) is 0.883. The summed E-state index contributed by atoms with van der Waals surface area (Å²) in [7, 11) is 0. The summed E-state index contributed by atoms with van der Waals surface area (Å²) in [6, 6.07) is 8.83. The predicted molar refractivity (Wildman–Crippen MR) is 72.3 cm³/mol. The number of carboxylic acid groups (broad SMARTS) is 1. The summed E-state index contributed by atoms with van der Waals surface area (Å²) >= 11 is 0. The molecule has 1 aromatic rings. The van der Waals surface area contributed by atoms with E-state index >= 15 is 0 Å². The standard InChI is InChI=1S/C14H14N2O4/c17-13(18)14(11-15-6-8-19-11,12-16-7-9-20-12)10-4-2-1-3-5-10/h1-5H,6-9H2,(H,17,18). The van der Waals surface area contributed by atoms with Gasteiger partial charge >= 0.3 is 5.97 Å². The second-order valence-corrected chi connectivity index (χ2v) is 4.49. The third-order valence-electron chi connectivity index (χ3n) is 3.34. The Balaban J connectivity index is 2.21. The highest BCUT2D eigenvalue weighted by atomic mass is 16.5. The highest BCUT2D eigenvalue weighted by molar-refractivity contribution is 6.27. The maximum Gasteiger partial charge on any atom is 0.333 e. The van der Waals surface area contributed by atoms with Crippen LogP contribution in [0.15, 0.2) is 40.3 Å². The molecular weight excluding hydrogens is 260 g/mol. The summed E-state index contributed by atoms with van der Waals surface area (Å²) in [4.78, 5) is 20.5. The number of hydrogen-bond acceptors (Lipinski definition) is 5. The van der Waals surface area contributed by atoms with Crippen molar-refractivity contribution in [2.45, 2.75) is 5.41 Å². The van der Waals surface area contributed by atoms with Gasteiger partial charge in [0, 0.05) is 0 Å². The van der Waals surface area contributed by atoms with Crippen molar-refractivity contribution in [3.8, 4) is 0 Å². The molecule has 20 heavy (non-hydrogen) atoms. The lowest BCUT2D eigenvalue weighted by Crippen LogP contribution is -2.51. The first-order valence-corrected chi connectivity index (χ1v) is 6.40. The lowest BCUT2D eigenvalue weighted by atomic mass is 9.79. The fourth-order valence-electron chi connectivity index (χ4n) is 2.46. The first kappa shape index (κ1) is 12.7. The Labute approximate surface area is 115 Å². The third kappa shape index (κ3) is 1.76. The average Bonchev–Trinajstić information content (AvgIpc) is 3.14. The van der Waals surface area contributed by atoms with Gasteiger partial charge in [-0.1, -0.05) is 30.3 Å². The van der Waals surface area contributed by atoms with Gasteiger partial charge in [-0.15, -0.1) is 0 Å². The molecule has 6 heteroatoms. The van der Waals surface area contributed by atoms with Crippen LogP contribution in [0, 0.1) is 0 Å². The number of ether oxygens (including phenoxy) is 2. The molecule has 2 aliphatic rings. The molecule has 0 atom stereocenters. The number of carbonyl (C=O) groups is 1. The van der Waals surface area contributed by atoms with Crippen molar-refractivity contribution in [1.29, 1.82) is 0 Å². The van der Waals surface area contributed by atoms with Crippen molar-refractivity contribution in [2.24, 2.45) is 9.98 Å². The molecule has 0 amide bonds. The van der Waals surface area contributed by atoms with E-state index in [2.05, 4.69) is 9.98 Å². The van der Waals surface area contributed by atoms with Gasteiger partial charge in [-0.25, -0.2) is 0 Å². The van der Waals surface area contributed by atoms with Crippen LogP contribution >= 0.6 is 0 Å². The fraction of sp³-hybridized carbons (Fsp3) is 0.357. The molecule has 0 saturated heterocycles. The Bertz CT molecular complexity index is 556. The van der Waals surface area contributed by atoms with Crippen molar-refractivity contribution in [3.63, 3.8) is 0 Å². The van der Waals surface area contributed by atoms with Crippen molar-refractivity contribution in [1.82, 2.24) is 0 Å². The van der Waals surface area contributed by atoms with Crippen molar-refractivity contribution >= 4 is 17.8 Å². The molecule has 0 fully saturated rings. The first-order valence-electron chi connectivity index (χ1n) is 6.40. The lowest BCUT2D eigenvalue weighted by Gasteiger charge is -2.28. The number of aliphatic imine (C=N–C) groups is 2. The summed E-state index contributed by atoms with van der Waals surface area (Å²) in [6.07, 6.45) is 0. The van der Waals surface area contributed by atoms with Crippen LogP contribution in [0.25, 0.3) is 0 Å². The Morgan fingerprint density at radius 1 is 1.05 bits per heavy atom. The molecule has 0 bridgehead atoms. The maximum atomic E-state index is 12.1. The van der Waals surface area contributed by atoms with Crippen molar-refractivity contribution in [3.05, 3.63) is 35.9 Å². The SMILES string of the molecule is O=C(O)C(C1=NCCO1)(C1=NCCO1)c1ccccc1. The van der Waals surface area contributed by atoms with E-state index in [1.54, 1.807) is 24.3 Å². The molecule has 2 aliphatic heterocycles. The number of benzene rings is 1. The number of carboxylic acids is 1. The Kier molecular flexibility index (Phi) is 3.14. The molecule has 0 unspecified atom stereocenters. The number of aliphatic carboxylic acids is 1. The number of rotatable bonds is 4. The summed E-state index contributed by atoms with van der Waals surface area (Å²) in [6.45, 7) is 1.66. The second kappa shape index (κ2) is 4.96. The Hall–Kier alpha value is -2.37. The van der Waals surface area contributed by atoms with Crippen LogP contribution in [0.2, 0.25) is 0 Å². The zero-order chi connectivity index (χ0) is 14.0. The first-order chi connectivity index (χ1) is 9.76. The highest BCUT2D eigenvalue weighted by Crippen LogP contribution is 2.32. The smallest absolute Gasteiger partial charge is 0.333 e. The summed E-state index contributed by atoms with van der Waals surface area (Å²) < 4.78 is 10.9. The molecule has 0 spiro atoms. The average molecular weight is 274 g/mol. The molecule has 0 radical (unpaired) electrons. The molecule has 3 rings (SSSR count). The van der Waals surface area contributed by atoms with Crippen LogP contribution in [0.4, 0.5) is 0 Å². The van der Waals surface area contributed by atoms with E-state index in [1.165, 1.54) is 0 Å². The van der Waals surface area contributed by atoms with Crippen LogP contribution in [0.5, 0.6) is 0 Å². The van der Waals surface area contributed by atoms with Crippen LogP contribution in [-0.2, 0) is 19.7 Å². The van der Waals surface area contributed by atoms with Gasteiger partial charge in [0.25, 0.3) is 0 Å². The summed E-state index contributed by atoms with van der Waals surface area (Å²) in [5.74, 6) is -0.793. The van der Waals surface area contributed by atoms with Crippen molar-refractivity contribution in [2.75, 3.05) is 26.3 Å². The van der Waals surface area contributed by atoms with Gasteiger partial charge in [0.2, 0.25) is 17.2 Å². The second-order valence-electron chi connectivity index (χ2n) is 4.49. The van der Waals surface area contributed by atoms with E-state index in [0.717, 1.165) is 0 Å². The lowest BCUT2D eigenvalue weighted by molar-refractivity contribution is -0.139. The molecule has 2 heterocycles. The highest BCUT2D eigenvalue weighted by Gasteiger charge is 2.55. The predicted octanol–water partition coefficient (Wildman–Crippen LogP) is 0.866. The topological polar surface area (TPSA) is 80.5 Å². The Morgan fingerprint density at radius 2 is 1.60 bits per heavy atom. The number of hydrogen-bond donors (Lipinski definition) is 1. The van der Waals surface area contributed by atoms with Crippen LogP contribution < -0.4 is 0 Å². The summed E-state index contributed by atoms with van der Waals surface area (Å²) in [5, 5.41) is 9.88. The van der Waals surface area contributed by atoms with Gasteiger partial charge in [0.05, 0.1) is 13.1 Å². The van der Waals surface area contributed by atoms with E-state index in [9.17, 15) is 9.90 Å². The van der Waals surface area contributed by atoms with Crippen LogP contribution in [0.3, 0.4) is 0 Å². The van der Waals surface area contributed by atoms with Gasteiger partial charge in [0.15, 0.2) is 0 Å². The summed E-state index contributed by atoms with van der Waals surface area (Å²) in [5.41, 5.74) is -1.04. The molecule has 0 saturated carbocycles. The molecule has 0 aromatic heterocycles. The van der Waals surface area contributed by atoms with Crippen LogP contribution in [0.1, 0.15) is 5.56 Å². The van der Waals surface area contributed by atoms with Gasteiger partial charge in [0.1, 0.15) is 13.2 Å². The van der Waals surface area contributed by atoms with Gasteiger partial charge in [-0.2, -0.15) is 0 Å². The minimum Gasteiger partial charge on any atom is -0.480 e. The largest absolute Gasteiger partial charge is 0.480 e. The van der Waals surface area contributed by atoms with E-state index < -0.39 is 11.4 Å². The zero-order valence-corrected chi connectivity index (χ0v) is 10.8. The molecule has 104 valence electrons. The Morgan fingerprint density at radius 3 is 2.00 bits per heavy atom. The van der Waals surface area contributed by atoms with Crippen molar-refractivity contribution < 1.29 is 19.4 Å². The molecule has 1 aromatic carbocycles. The van der Waals surface area contributed by atoms with Gasteiger partial charge in [-0.05, 0) is 5.56 Å². The minimum atomic E-state index is -1.58. The third-order valence-corrected chi connectivity index (χ3v) is 3.34. The minimum absolute atomic E-state index is 0.150. The fourth-order valence-corrected chi connectivity index (χ4v) is 2.46. The van der Waals surface area contributed by atoms with E-state index in [4.69, 9.17) is 9.47 Å². The number of nitrogens with zero attached hydrogens (tertiary/aromatic N) is 2. The van der Waals surface area contributed by atoms with Gasteiger partial charge < -0.3 is 14.6 Å². The molecular formula is C14H14N2O4. The van der Waals surface area contributed by atoms with Crippen LogP contribution in [-0.4, -0.2) is 49.2 Å².